The molecule has 8 heteroatoms. The highest BCUT2D eigenvalue weighted by Gasteiger charge is 2.40. The second-order valence-electron chi connectivity index (χ2n) is 6.92. The van der Waals surface area contributed by atoms with Crippen molar-refractivity contribution in [3.8, 4) is 0 Å². The molecule has 24 heavy (non-hydrogen) atoms. The number of hydrogen-bond donors (Lipinski definition) is 1. The summed E-state index contributed by atoms with van der Waals surface area (Å²) in [6.45, 7) is 13.5. The molecule has 0 aromatic carbocycles. The van der Waals surface area contributed by atoms with Gasteiger partial charge in [-0.3, -0.25) is 14.5 Å². The molecule has 1 fully saturated rings. The molecule has 0 spiro atoms. The van der Waals surface area contributed by atoms with Crippen LogP contribution in [0.3, 0.4) is 0 Å². The summed E-state index contributed by atoms with van der Waals surface area (Å²) in [6, 6.07) is 0.196. The van der Waals surface area contributed by atoms with Crippen molar-refractivity contribution in [2.24, 2.45) is 4.99 Å². The smallest absolute Gasteiger partial charge is 0.242 e. The maximum atomic E-state index is 12.6. The zero-order chi connectivity index (χ0) is 17.7. The lowest BCUT2D eigenvalue weighted by Gasteiger charge is -2.49. The molecule has 1 aromatic heterocycles. The molecule has 2 heterocycles. The fourth-order valence-corrected chi connectivity index (χ4v) is 3.35. The Morgan fingerprint density at radius 2 is 2.21 bits per heavy atom. The van der Waals surface area contributed by atoms with Crippen LogP contribution in [0.5, 0.6) is 0 Å². The Morgan fingerprint density at radius 1 is 1.46 bits per heavy atom. The molecule has 0 bridgehead atoms. The van der Waals surface area contributed by atoms with Crippen molar-refractivity contribution >= 4 is 11.9 Å². The molecule has 0 unspecified atom stereocenters. The molecular weight excluding hydrogens is 306 g/mol. The van der Waals surface area contributed by atoms with Crippen molar-refractivity contribution in [3.05, 3.63) is 12.7 Å². The summed E-state index contributed by atoms with van der Waals surface area (Å²) in [4.78, 5) is 25.2. The van der Waals surface area contributed by atoms with Crippen LogP contribution < -0.4 is 5.32 Å². The largest absolute Gasteiger partial charge is 0.357 e. The molecule has 1 aromatic rings. The summed E-state index contributed by atoms with van der Waals surface area (Å²) >= 11 is 0. The van der Waals surface area contributed by atoms with Crippen LogP contribution in [0.4, 0.5) is 0 Å². The van der Waals surface area contributed by atoms with Crippen molar-refractivity contribution < 1.29 is 4.79 Å². The molecular formula is C16H29N7O. The molecule has 2 rings (SSSR count). The SMILES string of the molecule is CCNC(=NCCn1cncn1)N1CC(=O)N(C(C)C)C(C)(C)C1. The highest BCUT2D eigenvalue weighted by Crippen LogP contribution is 2.24. The number of amides is 1. The molecule has 0 atom stereocenters. The third kappa shape index (κ3) is 4.24. The average Bonchev–Trinajstić information content (AvgIpc) is 2.97. The van der Waals surface area contributed by atoms with Gasteiger partial charge in [-0.15, -0.1) is 0 Å². The number of nitrogens with zero attached hydrogens (tertiary/aromatic N) is 6. The Balaban J connectivity index is 2.08. The standard InChI is InChI=1S/C16H29N7O/c1-6-18-15(19-7-8-22-12-17-11-20-22)21-9-14(24)23(13(2)3)16(4,5)10-21/h11-13H,6-10H2,1-5H3,(H,18,19). The van der Waals surface area contributed by atoms with Crippen LogP contribution in [0.15, 0.2) is 17.6 Å². The summed E-state index contributed by atoms with van der Waals surface area (Å²) in [5.41, 5.74) is -0.231. The van der Waals surface area contributed by atoms with Crippen LogP contribution in [-0.2, 0) is 11.3 Å². The molecule has 0 aliphatic carbocycles. The van der Waals surface area contributed by atoms with Gasteiger partial charge in [-0.2, -0.15) is 5.10 Å². The van der Waals surface area contributed by atoms with E-state index in [1.54, 1.807) is 11.0 Å². The summed E-state index contributed by atoms with van der Waals surface area (Å²) in [5.74, 6) is 0.922. The second-order valence-corrected chi connectivity index (χ2v) is 6.92. The van der Waals surface area contributed by atoms with Crippen molar-refractivity contribution in [1.82, 2.24) is 29.9 Å². The molecule has 134 valence electrons. The normalized spacial score (nSPS) is 18.4. The van der Waals surface area contributed by atoms with Crippen LogP contribution in [0, 0.1) is 0 Å². The number of hydrogen-bond acceptors (Lipinski definition) is 4. The Bertz CT molecular complexity index is 565. The van der Waals surface area contributed by atoms with E-state index in [2.05, 4.69) is 48.1 Å². The number of aliphatic imine (C=N–C) groups is 1. The lowest BCUT2D eigenvalue weighted by atomic mass is 9.96. The third-order valence-corrected chi connectivity index (χ3v) is 4.03. The summed E-state index contributed by atoms with van der Waals surface area (Å²) in [6.07, 6.45) is 3.19. The van der Waals surface area contributed by atoms with Gasteiger partial charge in [0.25, 0.3) is 0 Å². The van der Waals surface area contributed by atoms with Gasteiger partial charge >= 0.3 is 0 Å². The van der Waals surface area contributed by atoms with Crippen LogP contribution in [0.25, 0.3) is 0 Å². The van der Waals surface area contributed by atoms with Gasteiger partial charge in [0.2, 0.25) is 5.91 Å². The maximum absolute atomic E-state index is 12.6. The minimum Gasteiger partial charge on any atom is -0.357 e. The van der Waals surface area contributed by atoms with Crippen LogP contribution >= 0.6 is 0 Å². The maximum Gasteiger partial charge on any atom is 0.242 e. The van der Waals surface area contributed by atoms with E-state index in [0.717, 1.165) is 19.0 Å². The number of guanidine groups is 1. The van der Waals surface area contributed by atoms with Gasteiger partial charge in [0.15, 0.2) is 5.96 Å². The third-order valence-electron chi connectivity index (χ3n) is 4.03. The lowest BCUT2D eigenvalue weighted by Crippen LogP contribution is -2.66. The Kier molecular flexibility index (Phi) is 5.80. The van der Waals surface area contributed by atoms with E-state index < -0.39 is 0 Å². The molecule has 1 amide bonds. The van der Waals surface area contributed by atoms with Gasteiger partial charge in [0, 0.05) is 19.1 Å². The molecule has 1 N–H and O–H groups in total. The number of piperazine rings is 1. The minimum absolute atomic E-state index is 0.142. The molecule has 0 saturated carbocycles. The molecule has 8 nitrogen and oxygen atoms in total. The van der Waals surface area contributed by atoms with E-state index in [-0.39, 0.29) is 17.5 Å². The first-order chi connectivity index (χ1) is 11.3. The first-order valence-electron chi connectivity index (χ1n) is 8.53. The van der Waals surface area contributed by atoms with E-state index in [1.807, 2.05) is 16.7 Å². The number of nitrogens with one attached hydrogen (secondary N) is 1. The van der Waals surface area contributed by atoms with E-state index in [1.165, 1.54) is 6.33 Å². The predicted octanol–water partition coefficient (Wildman–Crippen LogP) is 0.575. The fourth-order valence-electron chi connectivity index (χ4n) is 3.35. The average molecular weight is 335 g/mol. The van der Waals surface area contributed by atoms with Gasteiger partial charge in [0.1, 0.15) is 12.7 Å². The van der Waals surface area contributed by atoms with Gasteiger partial charge in [-0.1, -0.05) is 0 Å². The van der Waals surface area contributed by atoms with Gasteiger partial charge in [-0.05, 0) is 34.6 Å². The summed E-state index contributed by atoms with van der Waals surface area (Å²) in [7, 11) is 0. The molecule has 1 aliphatic heterocycles. The fraction of sp³-hybridized carbons (Fsp3) is 0.750. The van der Waals surface area contributed by atoms with Crippen molar-refractivity contribution in [2.75, 3.05) is 26.2 Å². The van der Waals surface area contributed by atoms with Crippen LogP contribution in [0.1, 0.15) is 34.6 Å². The number of carbonyl (C=O) groups excluding carboxylic acids is 1. The number of rotatable bonds is 5. The van der Waals surface area contributed by atoms with Gasteiger partial charge < -0.3 is 15.1 Å². The topological polar surface area (TPSA) is 78.6 Å². The molecule has 1 saturated heterocycles. The number of carbonyl (C=O) groups is 1. The highest BCUT2D eigenvalue weighted by atomic mass is 16.2. The first kappa shape index (κ1) is 18.2. The van der Waals surface area contributed by atoms with E-state index >= 15 is 0 Å². The van der Waals surface area contributed by atoms with Crippen molar-refractivity contribution in [3.63, 3.8) is 0 Å². The van der Waals surface area contributed by atoms with Crippen LogP contribution in [0.2, 0.25) is 0 Å². The summed E-state index contributed by atoms with van der Waals surface area (Å²) < 4.78 is 1.75. The van der Waals surface area contributed by atoms with Crippen molar-refractivity contribution in [1.29, 1.82) is 0 Å². The molecule has 1 aliphatic rings. The van der Waals surface area contributed by atoms with E-state index in [4.69, 9.17) is 0 Å². The molecule has 0 radical (unpaired) electrons. The van der Waals surface area contributed by atoms with Gasteiger partial charge in [0.05, 0.1) is 25.2 Å². The zero-order valence-corrected chi connectivity index (χ0v) is 15.4. The quantitative estimate of drug-likeness (QED) is 0.629. The first-order valence-corrected chi connectivity index (χ1v) is 8.53. The van der Waals surface area contributed by atoms with Gasteiger partial charge in [-0.25, -0.2) is 4.98 Å². The second kappa shape index (κ2) is 7.63. The Labute approximate surface area is 143 Å². The monoisotopic (exact) mass is 335 g/mol. The van der Waals surface area contributed by atoms with E-state index in [9.17, 15) is 4.79 Å². The minimum atomic E-state index is -0.231. The highest BCUT2D eigenvalue weighted by molar-refractivity contribution is 5.88. The van der Waals surface area contributed by atoms with Crippen molar-refractivity contribution in [2.45, 2.75) is 52.7 Å². The lowest BCUT2D eigenvalue weighted by molar-refractivity contribution is -0.145. The van der Waals surface area contributed by atoms with E-state index in [0.29, 0.717) is 19.6 Å². The Morgan fingerprint density at radius 3 is 2.75 bits per heavy atom. The number of aromatic nitrogens is 3. The van der Waals surface area contributed by atoms with Crippen LogP contribution in [-0.4, -0.2) is 74.2 Å². The zero-order valence-electron chi connectivity index (χ0n) is 15.4. The summed E-state index contributed by atoms with van der Waals surface area (Å²) in [5, 5.41) is 7.37. The predicted molar refractivity (Wildman–Crippen MR) is 93.6 cm³/mol. The Hall–Kier alpha value is -2.12.